The van der Waals surface area contributed by atoms with Crippen molar-refractivity contribution in [2.24, 2.45) is 30.7 Å². The predicted molar refractivity (Wildman–Crippen MR) is 235 cm³/mol. The Balaban J connectivity index is 1.59. The van der Waals surface area contributed by atoms with Gasteiger partial charge >= 0.3 is 10.4 Å². The summed E-state index contributed by atoms with van der Waals surface area (Å²) >= 11 is 0.446. The van der Waals surface area contributed by atoms with Gasteiger partial charge in [-0.25, -0.2) is 31.5 Å². The number of fused-ring (bicyclic) bond motifs is 1. The number of sulfone groups is 2. The maximum absolute atomic E-state index is 12.7. The van der Waals surface area contributed by atoms with Gasteiger partial charge in [0.2, 0.25) is 0 Å². The highest BCUT2D eigenvalue weighted by atomic mass is 32.3. The van der Waals surface area contributed by atoms with E-state index in [2.05, 4.69) is 53.6 Å². The summed E-state index contributed by atoms with van der Waals surface area (Å²) in [6, 6.07) is 14.1. The van der Waals surface area contributed by atoms with Crippen molar-refractivity contribution in [2.75, 3.05) is 36.2 Å². The molecule has 0 aliphatic heterocycles. The molecular weight excluding hydrogens is 1060 g/mol. The van der Waals surface area contributed by atoms with Gasteiger partial charge in [0, 0.05) is 5.39 Å². The van der Waals surface area contributed by atoms with E-state index in [0.29, 0.717) is 6.07 Å². The largest absolute Gasteiger partial charge is 0.397 e. The van der Waals surface area contributed by atoms with Crippen molar-refractivity contribution in [1.82, 2.24) is 0 Å². The van der Waals surface area contributed by atoms with Gasteiger partial charge in [-0.2, -0.15) is 35.5 Å². The van der Waals surface area contributed by atoms with Crippen LogP contribution in [0.15, 0.2) is 134 Å². The molecule has 0 unspecified atom stereocenters. The second kappa shape index (κ2) is 22.5. The normalized spacial score (nSPS) is 13.1. The average Bonchev–Trinajstić information content (AvgIpc) is 3.26. The molecule has 0 aliphatic rings. The lowest BCUT2D eigenvalue weighted by Crippen LogP contribution is -2.15. The zero-order chi connectivity index (χ0) is 50.1. The van der Waals surface area contributed by atoms with E-state index in [1.165, 1.54) is 36.4 Å². The van der Waals surface area contributed by atoms with E-state index < -0.39 is 78.2 Å². The van der Waals surface area contributed by atoms with Crippen LogP contribution in [0.3, 0.4) is 0 Å². The van der Waals surface area contributed by atoms with Crippen LogP contribution in [-0.2, 0) is 77.4 Å². The molecule has 0 saturated carbocycles. The minimum atomic E-state index is -5.19. The molecule has 0 bridgehead atoms. The highest BCUT2D eigenvalue weighted by molar-refractivity contribution is 7.94. The summed E-state index contributed by atoms with van der Waals surface area (Å²) < 4.78 is 167. The number of hydrogen-bond acceptors (Lipinski definition) is 28. The molecule has 366 valence electrons. The van der Waals surface area contributed by atoms with Gasteiger partial charge in [0.05, 0.1) is 79.1 Å². The number of rotatable bonds is 23. The molecule has 5 rings (SSSR count). The maximum atomic E-state index is 12.7. The lowest BCUT2D eigenvalue weighted by Gasteiger charge is -2.11. The molecule has 0 amide bonds. The first-order valence-electron chi connectivity index (χ1n) is 17.6. The number of benzene rings is 5. The molecule has 0 aromatic heterocycles. The Bertz CT molecular complexity index is 3350. The van der Waals surface area contributed by atoms with E-state index in [4.69, 9.17) is 30.7 Å². The summed E-state index contributed by atoms with van der Waals surface area (Å²) in [6.45, 7) is -1.24. The number of nitrogens with zero attached hydrogens (tertiary/aromatic N) is 6. The molecule has 0 atom stereocenters. The Morgan fingerprint density at radius 3 is 1.57 bits per heavy atom. The highest BCUT2D eigenvalue weighted by Gasteiger charge is 2.23. The number of azo groups is 3. The Hall–Kier alpha value is -5.23. The van der Waals surface area contributed by atoms with Gasteiger partial charge in [-0.05, 0) is 84.2 Å². The lowest BCUT2D eigenvalue weighted by atomic mass is 10.1. The van der Waals surface area contributed by atoms with Crippen molar-refractivity contribution in [3.05, 3.63) is 78.9 Å². The third-order valence-corrected chi connectivity index (χ3v) is 14.9. The first-order chi connectivity index (χ1) is 31.8. The average molecular weight is 1090 g/mol. The van der Waals surface area contributed by atoms with Gasteiger partial charge in [0.25, 0.3) is 20.2 Å². The molecule has 0 saturated heterocycles. The van der Waals surface area contributed by atoms with Gasteiger partial charge < -0.3 is 11.5 Å². The van der Waals surface area contributed by atoms with Crippen LogP contribution in [0.5, 0.6) is 0 Å². The molecule has 0 heterocycles. The van der Waals surface area contributed by atoms with Crippen molar-refractivity contribution < 1.29 is 93.4 Å². The monoisotopic (exact) mass is 1090 g/mol. The standard InChI is InChI=1S/C32H30N8O21S7/c33-30-26(38-35-19-1-5-21(6-2-19)64(43,44)11-9-56-63-61-59-42)17-27(31(34)32(30)40-36-20-3-7-22(8-4-20)65(45,46)12-10-57-68(53,54)55)39-37-25-16-24-18(14-28(25)62-60-58-41)13-23(66(47,48)49)15-29(24)67(50,51)52/h1-8,13-17,41-42H,9-12,33-34H2,(H,47,48,49)(H,50,51,52)(H,53,54,55). The molecule has 0 spiro atoms. The molecule has 36 heteroatoms. The van der Waals surface area contributed by atoms with Gasteiger partial charge in [-0.15, -0.1) is 29.1 Å². The highest BCUT2D eigenvalue weighted by Crippen LogP contribution is 2.46. The zero-order valence-corrected chi connectivity index (χ0v) is 39.0. The van der Waals surface area contributed by atoms with Gasteiger partial charge in [-0.1, -0.05) is 10.1 Å². The Morgan fingerprint density at radius 1 is 0.544 bits per heavy atom. The minimum absolute atomic E-state index is 0.00994. The van der Waals surface area contributed by atoms with Crippen molar-refractivity contribution in [3.8, 4) is 0 Å². The first-order valence-corrected chi connectivity index (χ1v) is 26.5. The quantitative estimate of drug-likeness (QED) is 0.00694. The van der Waals surface area contributed by atoms with E-state index in [1.807, 2.05) is 0 Å². The molecule has 68 heavy (non-hydrogen) atoms. The zero-order valence-electron chi connectivity index (χ0n) is 33.3. The third-order valence-electron chi connectivity index (χ3n) is 8.36. The van der Waals surface area contributed by atoms with Crippen LogP contribution in [0.2, 0.25) is 0 Å². The molecule has 0 aliphatic carbocycles. The van der Waals surface area contributed by atoms with Crippen LogP contribution in [0, 0.1) is 0 Å². The molecule has 29 nitrogen and oxygen atoms in total. The van der Waals surface area contributed by atoms with Crippen LogP contribution in [0.25, 0.3) is 10.8 Å². The number of nitrogens with two attached hydrogens (primary N) is 2. The van der Waals surface area contributed by atoms with Crippen molar-refractivity contribution >= 4 is 131 Å². The number of anilines is 2. The van der Waals surface area contributed by atoms with Crippen molar-refractivity contribution in [2.45, 2.75) is 24.5 Å². The molecule has 5 aromatic carbocycles. The van der Waals surface area contributed by atoms with Crippen LogP contribution < -0.4 is 11.5 Å². The van der Waals surface area contributed by atoms with Gasteiger partial charge in [-0.3, -0.25) is 17.8 Å². The summed E-state index contributed by atoms with van der Waals surface area (Å²) in [5.74, 6) is -1.32. The number of hydrogen-bond donors (Lipinski definition) is 7. The van der Waals surface area contributed by atoms with E-state index in [9.17, 15) is 51.2 Å². The fraction of sp³-hybridized carbons (Fsp3) is 0.125. The summed E-state index contributed by atoms with van der Waals surface area (Å²) in [5.41, 5.74) is 11.2. The smallest absolute Gasteiger partial charge is 0.395 e. The Kier molecular flexibility index (Phi) is 17.7. The predicted octanol–water partition coefficient (Wildman–Crippen LogP) is 6.54. The fourth-order valence-corrected chi connectivity index (χ4v) is 10.00. The van der Waals surface area contributed by atoms with Crippen LogP contribution in [0.4, 0.5) is 45.5 Å². The molecule has 9 N–H and O–H groups in total. The van der Waals surface area contributed by atoms with E-state index in [0.717, 1.165) is 36.4 Å². The molecule has 0 fully saturated rings. The van der Waals surface area contributed by atoms with Crippen molar-refractivity contribution in [3.63, 3.8) is 0 Å². The van der Waals surface area contributed by atoms with Crippen LogP contribution in [0.1, 0.15) is 0 Å². The van der Waals surface area contributed by atoms with Crippen LogP contribution in [-0.4, -0.2) is 91.0 Å². The molecule has 5 aromatic rings. The van der Waals surface area contributed by atoms with E-state index in [1.54, 1.807) is 0 Å². The third kappa shape index (κ3) is 14.6. The Labute approximate surface area is 392 Å². The second-order valence-corrected chi connectivity index (χ2v) is 22.1. The summed E-state index contributed by atoms with van der Waals surface area (Å²) in [7, 11) is -23.1. The maximum Gasteiger partial charge on any atom is 0.397 e. The Morgan fingerprint density at radius 2 is 1.06 bits per heavy atom. The summed E-state index contributed by atoms with van der Waals surface area (Å²) in [6.07, 6.45) is 0. The summed E-state index contributed by atoms with van der Waals surface area (Å²) in [4.78, 5) is -2.49. The molecule has 0 radical (unpaired) electrons. The molecular formula is C32H30N8O21S7. The van der Waals surface area contributed by atoms with Crippen LogP contribution >= 0.6 is 24.4 Å². The van der Waals surface area contributed by atoms with Gasteiger partial charge in [0.15, 0.2) is 32.0 Å². The van der Waals surface area contributed by atoms with Crippen molar-refractivity contribution in [1.29, 1.82) is 0 Å². The van der Waals surface area contributed by atoms with E-state index >= 15 is 0 Å². The SMILES string of the molecule is Nc1c(N=Nc2ccc(S(=O)(=O)CCOSOOO)cc2)cc(N=Nc2cc3c(S(=O)(=O)O)cc(S(=O)(=O)O)cc3cc2SOOO)c(N)c1N=Nc1ccc(S(=O)(=O)CCOS(=O)(=O)O)cc1. The van der Waals surface area contributed by atoms with Gasteiger partial charge in [0.1, 0.15) is 27.6 Å². The van der Waals surface area contributed by atoms with E-state index in [-0.39, 0.29) is 102 Å². The summed E-state index contributed by atoms with van der Waals surface area (Å²) in [5, 5.41) is 47.9. The fourth-order valence-electron chi connectivity index (χ4n) is 5.29. The lowest BCUT2D eigenvalue weighted by molar-refractivity contribution is -0.434. The topological polar surface area (TPSA) is 453 Å². The number of nitrogen functional groups attached to an aromatic ring is 2. The first kappa shape index (κ1) is 53.7. The minimum Gasteiger partial charge on any atom is -0.395 e. The second-order valence-electron chi connectivity index (χ2n) is 12.7.